The molecule has 0 aliphatic rings. The molecule has 0 aliphatic carbocycles. The molecule has 0 saturated carbocycles. The van der Waals surface area contributed by atoms with Gasteiger partial charge in [0.1, 0.15) is 11.5 Å². The van der Waals surface area contributed by atoms with Crippen molar-refractivity contribution in [3.8, 4) is 11.5 Å². The van der Waals surface area contributed by atoms with Crippen molar-refractivity contribution in [2.75, 3.05) is 52.0 Å². The molecular weight excluding hydrogens is 388 g/mol. The summed E-state index contributed by atoms with van der Waals surface area (Å²) in [5, 5.41) is 9.68. The lowest BCUT2D eigenvalue weighted by atomic mass is 10.2. The molecule has 0 atom stereocenters. The largest absolute Gasteiger partial charge is 0.494 e. The zero-order valence-electron chi connectivity index (χ0n) is 17.3. The number of nitrogens with one attached hydrogen (secondary N) is 4. The minimum absolute atomic E-state index is 0.230. The first kappa shape index (κ1) is 22.4. The third kappa shape index (κ3) is 6.92. The minimum Gasteiger partial charge on any atom is -0.494 e. The molecule has 7 nitrogen and oxygen atoms in total. The Hall–Kier alpha value is -2.84. The average Bonchev–Trinajstić information content (AvgIpc) is 2.72. The molecular formula is C21H29N4O3S+. The summed E-state index contributed by atoms with van der Waals surface area (Å²) >= 11 is 5.37. The van der Waals surface area contributed by atoms with Crippen molar-refractivity contribution in [2.45, 2.75) is 6.42 Å². The normalized spacial score (nSPS) is 10.4. The van der Waals surface area contributed by atoms with E-state index in [1.165, 1.54) is 4.90 Å². The van der Waals surface area contributed by atoms with Crippen LogP contribution < -0.4 is 30.3 Å². The molecule has 0 aromatic heterocycles. The number of carbonyl (C=O) groups is 1. The summed E-state index contributed by atoms with van der Waals surface area (Å²) in [5.41, 5.74) is 1.72. The molecule has 2 aromatic rings. The van der Waals surface area contributed by atoms with E-state index in [-0.39, 0.29) is 5.91 Å². The van der Waals surface area contributed by atoms with E-state index in [0.717, 1.165) is 19.5 Å². The molecule has 0 bridgehead atoms. The number of hydrogen-bond donors (Lipinski definition) is 4. The summed E-state index contributed by atoms with van der Waals surface area (Å²) < 4.78 is 10.9. The van der Waals surface area contributed by atoms with E-state index in [1.807, 2.05) is 18.2 Å². The van der Waals surface area contributed by atoms with E-state index < -0.39 is 0 Å². The molecule has 156 valence electrons. The summed E-state index contributed by atoms with van der Waals surface area (Å²) in [5.74, 6) is 0.805. The zero-order chi connectivity index (χ0) is 21.2. The smallest absolute Gasteiger partial charge is 0.255 e. The highest BCUT2D eigenvalue weighted by Crippen LogP contribution is 2.36. The van der Waals surface area contributed by atoms with Crippen LogP contribution in [0.15, 0.2) is 42.5 Å². The number of benzene rings is 2. The summed E-state index contributed by atoms with van der Waals surface area (Å²) in [7, 11) is 7.34. The maximum absolute atomic E-state index is 12.5. The van der Waals surface area contributed by atoms with Gasteiger partial charge in [0.2, 0.25) is 0 Å². The van der Waals surface area contributed by atoms with Crippen molar-refractivity contribution in [3.05, 3.63) is 48.0 Å². The highest BCUT2D eigenvalue weighted by molar-refractivity contribution is 7.80. The van der Waals surface area contributed by atoms with E-state index in [2.05, 4.69) is 30.0 Å². The molecule has 2 aromatic carbocycles. The predicted octanol–water partition coefficient (Wildman–Crippen LogP) is 1.78. The fourth-order valence-electron chi connectivity index (χ4n) is 2.69. The van der Waals surface area contributed by atoms with Gasteiger partial charge in [-0.2, -0.15) is 0 Å². The summed E-state index contributed by atoms with van der Waals surface area (Å²) in [4.78, 5) is 13.9. The predicted molar refractivity (Wildman–Crippen MR) is 120 cm³/mol. The number of rotatable bonds is 9. The van der Waals surface area contributed by atoms with E-state index >= 15 is 0 Å². The van der Waals surface area contributed by atoms with Crippen molar-refractivity contribution < 1.29 is 19.2 Å². The number of thiocarbonyl (C=S) groups is 1. The Balaban J connectivity index is 2.10. The Bertz CT molecular complexity index is 828. The molecule has 8 heteroatoms. The molecule has 2 rings (SSSR count). The monoisotopic (exact) mass is 417 g/mol. The van der Waals surface area contributed by atoms with Crippen LogP contribution >= 0.6 is 12.2 Å². The Morgan fingerprint density at radius 2 is 1.59 bits per heavy atom. The van der Waals surface area contributed by atoms with Gasteiger partial charge in [0.15, 0.2) is 5.11 Å². The van der Waals surface area contributed by atoms with Crippen LogP contribution in [0, 0.1) is 0 Å². The highest BCUT2D eigenvalue weighted by Gasteiger charge is 2.15. The number of ether oxygens (including phenoxy) is 2. The van der Waals surface area contributed by atoms with Gasteiger partial charge in [-0.1, -0.05) is 18.2 Å². The first-order valence-corrected chi connectivity index (χ1v) is 9.81. The Morgan fingerprint density at radius 3 is 2.14 bits per heavy atom. The lowest BCUT2D eigenvalue weighted by molar-refractivity contribution is -0.858. The second-order valence-electron chi connectivity index (χ2n) is 6.76. The van der Waals surface area contributed by atoms with E-state index in [4.69, 9.17) is 21.7 Å². The summed E-state index contributed by atoms with van der Waals surface area (Å²) in [6.45, 7) is 1.84. The molecule has 0 spiro atoms. The lowest BCUT2D eigenvalue weighted by Crippen LogP contribution is -3.05. The van der Waals surface area contributed by atoms with Crippen molar-refractivity contribution in [2.24, 2.45) is 0 Å². The van der Waals surface area contributed by atoms with Gasteiger partial charge in [0.25, 0.3) is 5.91 Å². The van der Waals surface area contributed by atoms with Gasteiger partial charge in [0.05, 0.1) is 46.2 Å². The number of quaternary nitrogens is 1. The van der Waals surface area contributed by atoms with Crippen LogP contribution in [0.25, 0.3) is 0 Å². The van der Waals surface area contributed by atoms with E-state index in [1.54, 1.807) is 38.5 Å². The van der Waals surface area contributed by atoms with Gasteiger partial charge < -0.3 is 30.3 Å². The van der Waals surface area contributed by atoms with Crippen LogP contribution in [-0.2, 0) is 0 Å². The highest BCUT2D eigenvalue weighted by atomic mass is 32.1. The molecule has 0 fully saturated rings. The van der Waals surface area contributed by atoms with Crippen molar-refractivity contribution in [3.63, 3.8) is 0 Å². The van der Waals surface area contributed by atoms with Crippen LogP contribution in [0.1, 0.15) is 16.8 Å². The lowest BCUT2D eigenvalue weighted by Gasteiger charge is -2.17. The van der Waals surface area contributed by atoms with Crippen LogP contribution in [0.4, 0.5) is 11.4 Å². The van der Waals surface area contributed by atoms with Crippen LogP contribution in [0.3, 0.4) is 0 Å². The molecule has 0 aliphatic heterocycles. The number of hydrogen-bond acceptors (Lipinski definition) is 4. The summed E-state index contributed by atoms with van der Waals surface area (Å²) in [6, 6.07) is 12.4. The number of amides is 1. The van der Waals surface area contributed by atoms with Crippen molar-refractivity contribution in [1.29, 1.82) is 0 Å². The maximum atomic E-state index is 12.5. The molecule has 0 radical (unpaired) electrons. The SMILES string of the molecule is COc1cc(NC(=S)NCCC[NH+](C)C)c(OC)cc1NC(=O)c1ccccc1. The second kappa shape index (κ2) is 11.2. The van der Waals surface area contributed by atoms with Gasteiger partial charge in [0, 0.05) is 30.7 Å². The van der Waals surface area contributed by atoms with Gasteiger partial charge >= 0.3 is 0 Å². The van der Waals surface area contributed by atoms with Crippen LogP contribution in [0.5, 0.6) is 11.5 Å². The third-order valence-corrected chi connectivity index (χ3v) is 4.44. The first-order valence-electron chi connectivity index (χ1n) is 9.41. The molecule has 0 heterocycles. The molecule has 4 N–H and O–H groups in total. The first-order chi connectivity index (χ1) is 13.9. The van der Waals surface area contributed by atoms with Crippen molar-refractivity contribution >= 4 is 34.6 Å². The minimum atomic E-state index is -0.230. The fraction of sp³-hybridized carbons (Fsp3) is 0.333. The Morgan fingerprint density at radius 1 is 1.00 bits per heavy atom. The second-order valence-corrected chi connectivity index (χ2v) is 7.17. The molecule has 29 heavy (non-hydrogen) atoms. The Kier molecular flexibility index (Phi) is 8.69. The number of carbonyl (C=O) groups excluding carboxylic acids is 1. The van der Waals surface area contributed by atoms with Crippen LogP contribution in [0.2, 0.25) is 0 Å². The quantitative estimate of drug-likeness (QED) is 0.368. The van der Waals surface area contributed by atoms with Crippen molar-refractivity contribution in [1.82, 2.24) is 5.32 Å². The standard InChI is InChI=1S/C21H28N4O3S/c1-25(2)12-8-11-22-21(29)24-17-14-18(27-3)16(13-19(17)28-4)23-20(26)15-9-6-5-7-10-15/h5-7,9-10,13-14H,8,11-12H2,1-4H3,(H,23,26)(H2,22,24,29)/p+1. The maximum Gasteiger partial charge on any atom is 0.255 e. The van der Waals surface area contributed by atoms with Gasteiger partial charge in [-0.3, -0.25) is 4.79 Å². The van der Waals surface area contributed by atoms with Gasteiger partial charge in [-0.15, -0.1) is 0 Å². The third-order valence-electron chi connectivity index (χ3n) is 4.19. The van der Waals surface area contributed by atoms with Gasteiger partial charge in [-0.25, -0.2) is 0 Å². The number of anilines is 2. The Labute approximate surface area is 177 Å². The van der Waals surface area contributed by atoms with Gasteiger partial charge in [-0.05, 0) is 24.4 Å². The van der Waals surface area contributed by atoms with E-state index in [0.29, 0.717) is 33.5 Å². The summed E-state index contributed by atoms with van der Waals surface area (Å²) in [6.07, 6.45) is 1.01. The van der Waals surface area contributed by atoms with Crippen LogP contribution in [-0.4, -0.2) is 52.4 Å². The molecule has 1 amide bonds. The number of methoxy groups -OCH3 is 2. The molecule has 0 saturated heterocycles. The average molecular weight is 418 g/mol. The zero-order valence-corrected chi connectivity index (χ0v) is 18.1. The topological polar surface area (TPSA) is 76.1 Å². The molecule has 0 unspecified atom stereocenters. The fourth-order valence-corrected chi connectivity index (χ4v) is 2.90. The van der Waals surface area contributed by atoms with E-state index in [9.17, 15) is 4.79 Å².